The highest BCUT2D eigenvalue weighted by atomic mass is 35.5. The molecule has 116 valence electrons. The number of hydrogen-bond donors (Lipinski definition) is 1. The molecule has 0 spiro atoms. The number of benzene rings is 1. The van der Waals surface area contributed by atoms with Crippen molar-refractivity contribution >= 4 is 23.2 Å². The molecule has 1 N–H and O–H groups in total. The number of nitrogens with zero attached hydrogens (tertiary/aromatic N) is 1. The summed E-state index contributed by atoms with van der Waals surface area (Å²) < 4.78 is 0. The maximum absolute atomic E-state index is 12.8. The third-order valence-corrected chi connectivity index (χ3v) is 4.67. The first-order valence-electron chi connectivity index (χ1n) is 7.83. The van der Waals surface area contributed by atoms with E-state index in [1.807, 2.05) is 31.0 Å². The van der Waals surface area contributed by atoms with Gasteiger partial charge in [-0.25, -0.2) is 0 Å². The van der Waals surface area contributed by atoms with Gasteiger partial charge in [0.25, 0.3) is 5.91 Å². The summed E-state index contributed by atoms with van der Waals surface area (Å²) in [6.07, 6.45) is 4.61. The molecular formula is C17H25ClN2O. The second kappa shape index (κ2) is 7.17. The third-order valence-electron chi connectivity index (χ3n) is 4.43. The maximum atomic E-state index is 12.8. The van der Waals surface area contributed by atoms with E-state index in [1.54, 1.807) is 6.07 Å². The van der Waals surface area contributed by atoms with Crippen molar-refractivity contribution in [2.75, 3.05) is 18.9 Å². The van der Waals surface area contributed by atoms with Crippen molar-refractivity contribution in [1.82, 2.24) is 4.90 Å². The van der Waals surface area contributed by atoms with E-state index in [0.29, 0.717) is 16.6 Å². The first kappa shape index (κ1) is 16.2. The van der Waals surface area contributed by atoms with Crippen molar-refractivity contribution in [2.24, 2.45) is 5.92 Å². The van der Waals surface area contributed by atoms with Crippen molar-refractivity contribution in [1.29, 1.82) is 0 Å². The van der Waals surface area contributed by atoms with Gasteiger partial charge >= 0.3 is 0 Å². The zero-order chi connectivity index (χ0) is 15.4. The lowest BCUT2D eigenvalue weighted by Crippen LogP contribution is -2.39. The van der Waals surface area contributed by atoms with Crippen molar-refractivity contribution < 1.29 is 4.79 Å². The van der Waals surface area contributed by atoms with Crippen LogP contribution in [-0.2, 0) is 0 Å². The van der Waals surface area contributed by atoms with E-state index >= 15 is 0 Å². The topological polar surface area (TPSA) is 32.3 Å². The quantitative estimate of drug-likeness (QED) is 0.893. The Morgan fingerprint density at radius 3 is 2.62 bits per heavy atom. The number of carbonyl (C=O) groups is 1. The van der Waals surface area contributed by atoms with Gasteiger partial charge in [0, 0.05) is 30.3 Å². The van der Waals surface area contributed by atoms with Crippen LogP contribution >= 0.6 is 11.6 Å². The normalized spacial score (nSPS) is 21.9. The van der Waals surface area contributed by atoms with E-state index in [2.05, 4.69) is 12.2 Å². The summed E-state index contributed by atoms with van der Waals surface area (Å²) in [6, 6.07) is 5.82. The number of nitrogens with one attached hydrogen (secondary N) is 1. The lowest BCUT2D eigenvalue weighted by molar-refractivity contribution is 0.0680. The van der Waals surface area contributed by atoms with E-state index in [9.17, 15) is 4.79 Å². The van der Waals surface area contributed by atoms with Crippen LogP contribution in [0.1, 0.15) is 49.9 Å². The number of amides is 1. The van der Waals surface area contributed by atoms with Crippen LogP contribution in [0.25, 0.3) is 0 Å². The van der Waals surface area contributed by atoms with Crippen molar-refractivity contribution in [3.63, 3.8) is 0 Å². The molecule has 1 aromatic carbocycles. The summed E-state index contributed by atoms with van der Waals surface area (Å²) >= 11 is 6.07. The molecule has 0 unspecified atom stereocenters. The van der Waals surface area contributed by atoms with E-state index in [-0.39, 0.29) is 5.91 Å². The van der Waals surface area contributed by atoms with Crippen molar-refractivity contribution in [3.8, 4) is 0 Å². The Bertz CT molecular complexity index is 496. The van der Waals surface area contributed by atoms with Crippen LogP contribution < -0.4 is 5.32 Å². The van der Waals surface area contributed by atoms with E-state index in [4.69, 9.17) is 11.6 Å². The molecule has 0 aromatic heterocycles. The van der Waals surface area contributed by atoms with Gasteiger partial charge in [-0.05, 0) is 56.7 Å². The monoisotopic (exact) mass is 308 g/mol. The summed E-state index contributed by atoms with van der Waals surface area (Å²) in [4.78, 5) is 14.7. The summed E-state index contributed by atoms with van der Waals surface area (Å²) in [5, 5.41) is 3.85. The van der Waals surface area contributed by atoms with Crippen LogP contribution in [0.3, 0.4) is 0 Å². The smallest absolute Gasteiger partial charge is 0.255 e. The average Bonchev–Trinajstić information content (AvgIpc) is 2.48. The molecule has 1 fully saturated rings. The molecule has 0 atom stereocenters. The molecule has 1 aliphatic rings. The maximum Gasteiger partial charge on any atom is 0.255 e. The molecule has 3 nitrogen and oxygen atoms in total. The molecule has 1 saturated carbocycles. The Kier molecular flexibility index (Phi) is 5.51. The van der Waals surface area contributed by atoms with E-state index in [1.165, 1.54) is 12.8 Å². The third kappa shape index (κ3) is 3.91. The predicted molar refractivity (Wildman–Crippen MR) is 89.1 cm³/mol. The summed E-state index contributed by atoms with van der Waals surface area (Å²) in [7, 11) is 1.92. The molecule has 2 rings (SSSR count). The summed E-state index contributed by atoms with van der Waals surface area (Å²) in [5.41, 5.74) is 1.54. The molecule has 0 bridgehead atoms. The fourth-order valence-corrected chi connectivity index (χ4v) is 3.20. The molecule has 1 aliphatic carbocycles. The number of hydrogen-bond acceptors (Lipinski definition) is 2. The average molecular weight is 309 g/mol. The van der Waals surface area contributed by atoms with E-state index in [0.717, 1.165) is 31.0 Å². The lowest BCUT2D eigenvalue weighted by atomic mass is 9.86. The van der Waals surface area contributed by atoms with Crippen LogP contribution in [0, 0.1) is 5.92 Å². The van der Waals surface area contributed by atoms with Crippen molar-refractivity contribution in [3.05, 3.63) is 28.8 Å². The molecular weight excluding hydrogens is 284 g/mol. The second-order valence-corrected chi connectivity index (χ2v) is 6.49. The standard InChI is InChI=1S/C17H25ClN2O/c1-4-19-16-10-7-13(18)11-15(16)17(21)20(3)14-8-5-12(2)6-9-14/h7,10-12,14,19H,4-6,8-9H2,1-3H3. The molecule has 21 heavy (non-hydrogen) atoms. The van der Waals surface area contributed by atoms with Gasteiger partial charge in [0.05, 0.1) is 5.56 Å². The lowest BCUT2D eigenvalue weighted by Gasteiger charge is -2.34. The minimum atomic E-state index is 0.0630. The molecule has 0 aliphatic heterocycles. The van der Waals surface area contributed by atoms with Crippen LogP contribution in [0.5, 0.6) is 0 Å². The molecule has 0 heterocycles. The van der Waals surface area contributed by atoms with E-state index < -0.39 is 0 Å². The molecule has 4 heteroatoms. The number of halogens is 1. The number of carbonyl (C=O) groups excluding carboxylic acids is 1. The molecule has 1 aromatic rings. The first-order chi connectivity index (χ1) is 10.0. The summed E-state index contributed by atoms with van der Waals surface area (Å²) in [6.45, 7) is 5.10. The van der Waals surface area contributed by atoms with Gasteiger partial charge in [-0.2, -0.15) is 0 Å². The van der Waals surface area contributed by atoms with Gasteiger partial charge in [0.1, 0.15) is 0 Å². The fourth-order valence-electron chi connectivity index (χ4n) is 3.02. The fraction of sp³-hybridized carbons (Fsp3) is 0.588. The highest BCUT2D eigenvalue weighted by Crippen LogP contribution is 2.29. The van der Waals surface area contributed by atoms with Crippen LogP contribution in [-0.4, -0.2) is 30.4 Å². The van der Waals surface area contributed by atoms with Crippen LogP contribution in [0.4, 0.5) is 5.69 Å². The molecule has 0 saturated heterocycles. The van der Waals surface area contributed by atoms with Crippen molar-refractivity contribution in [2.45, 2.75) is 45.6 Å². The van der Waals surface area contributed by atoms with Crippen LogP contribution in [0.15, 0.2) is 18.2 Å². The Hall–Kier alpha value is -1.22. The Morgan fingerprint density at radius 1 is 1.33 bits per heavy atom. The number of rotatable bonds is 4. The van der Waals surface area contributed by atoms with Gasteiger partial charge in [-0.1, -0.05) is 18.5 Å². The predicted octanol–water partition coefficient (Wildman–Crippen LogP) is 4.42. The Labute approximate surface area is 132 Å². The van der Waals surface area contributed by atoms with Gasteiger partial charge < -0.3 is 10.2 Å². The Balaban J connectivity index is 2.16. The zero-order valence-electron chi connectivity index (χ0n) is 13.2. The van der Waals surface area contributed by atoms with Gasteiger partial charge in [0.2, 0.25) is 0 Å². The minimum Gasteiger partial charge on any atom is -0.385 e. The minimum absolute atomic E-state index is 0.0630. The van der Waals surface area contributed by atoms with Gasteiger partial charge in [0.15, 0.2) is 0 Å². The van der Waals surface area contributed by atoms with Gasteiger partial charge in [-0.3, -0.25) is 4.79 Å². The largest absolute Gasteiger partial charge is 0.385 e. The van der Waals surface area contributed by atoms with Crippen LogP contribution in [0.2, 0.25) is 5.02 Å². The highest BCUT2D eigenvalue weighted by molar-refractivity contribution is 6.31. The Morgan fingerprint density at radius 2 is 2.00 bits per heavy atom. The van der Waals surface area contributed by atoms with Gasteiger partial charge in [-0.15, -0.1) is 0 Å². The molecule has 1 amide bonds. The first-order valence-corrected chi connectivity index (χ1v) is 8.21. The SMILES string of the molecule is CCNc1ccc(Cl)cc1C(=O)N(C)C1CCC(C)CC1. The second-order valence-electron chi connectivity index (χ2n) is 6.05. The number of anilines is 1. The zero-order valence-corrected chi connectivity index (χ0v) is 13.9. The summed E-state index contributed by atoms with van der Waals surface area (Å²) in [5.74, 6) is 0.848. The molecule has 0 radical (unpaired) electrons. The highest BCUT2D eigenvalue weighted by Gasteiger charge is 2.26.